The largest absolute Gasteiger partial charge is 0.303 e. The number of hydrogen-bond donors (Lipinski definition) is 0. The second-order valence-corrected chi connectivity index (χ2v) is 16.5. The molecule has 0 N–H and O–H groups in total. The molecule has 0 aliphatic carbocycles. The first-order valence-corrected chi connectivity index (χ1v) is 23.9. The van der Waals surface area contributed by atoms with Crippen molar-refractivity contribution >= 4 is 0 Å². The molecule has 0 unspecified atom stereocenters. The molecule has 298 valence electrons. The zero-order chi connectivity index (χ0) is 36.1. The van der Waals surface area contributed by atoms with Crippen LogP contribution >= 0.6 is 0 Å². The quantitative estimate of drug-likeness (QED) is 0.0591. The molecular weight excluding hydrogens is 605 g/mol. The molecule has 2 nitrogen and oxygen atoms in total. The summed E-state index contributed by atoms with van der Waals surface area (Å²) in [5.74, 6) is 0. The summed E-state index contributed by atoms with van der Waals surface area (Å²) in [5.41, 5.74) is 0. The smallest absolute Gasteiger partial charge is 0.0621 e. The number of nitriles is 1. The Morgan fingerprint density at radius 2 is 0.440 bits per heavy atom. The fourth-order valence-corrected chi connectivity index (χ4v) is 7.88. The minimum absolute atomic E-state index is 0.747. The van der Waals surface area contributed by atoms with Crippen molar-refractivity contribution in [1.82, 2.24) is 4.90 Å². The van der Waals surface area contributed by atoms with Crippen molar-refractivity contribution in [2.45, 2.75) is 284 Å². The molecule has 0 atom stereocenters. The molecule has 0 fully saturated rings. The van der Waals surface area contributed by atoms with E-state index in [1.807, 2.05) is 0 Å². The highest BCUT2D eigenvalue weighted by Gasteiger charge is 2.05. The number of hydrogen-bond acceptors (Lipinski definition) is 2. The van der Waals surface area contributed by atoms with E-state index >= 15 is 0 Å². The Kier molecular flexibility index (Phi) is 46.0. The average molecular weight is 701 g/mol. The van der Waals surface area contributed by atoms with E-state index in [2.05, 4.69) is 24.8 Å². The van der Waals surface area contributed by atoms with E-state index in [1.165, 1.54) is 276 Å². The van der Waals surface area contributed by atoms with Gasteiger partial charge in [0.05, 0.1) is 6.07 Å². The van der Waals surface area contributed by atoms with Crippen LogP contribution in [0.15, 0.2) is 0 Å². The summed E-state index contributed by atoms with van der Waals surface area (Å²) in [6.45, 7) is 8.69. The second-order valence-electron chi connectivity index (χ2n) is 16.5. The summed E-state index contributed by atoms with van der Waals surface area (Å²) in [4.78, 5) is 2.86. The van der Waals surface area contributed by atoms with Gasteiger partial charge in [-0.05, 0) is 45.3 Å². The minimum atomic E-state index is 0.747. The van der Waals surface area contributed by atoms with Crippen LogP contribution < -0.4 is 0 Å². The van der Waals surface area contributed by atoms with Gasteiger partial charge in [0.1, 0.15) is 0 Å². The van der Waals surface area contributed by atoms with Crippen LogP contribution in [0.3, 0.4) is 0 Å². The third-order valence-corrected chi connectivity index (χ3v) is 11.4. The Hall–Kier alpha value is -0.550. The maximum atomic E-state index is 8.63. The Morgan fingerprint density at radius 3 is 0.640 bits per heavy atom. The number of rotatable bonds is 45. The molecule has 0 aliphatic rings. The first-order valence-electron chi connectivity index (χ1n) is 23.9. The lowest BCUT2D eigenvalue weighted by atomic mass is 10.0. The van der Waals surface area contributed by atoms with Gasteiger partial charge in [0.15, 0.2) is 0 Å². The first-order chi connectivity index (χ1) is 24.8. The molecule has 2 heteroatoms. The molecule has 0 aromatic rings. The number of nitrogens with zero attached hydrogens (tertiary/aromatic N) is 2. The molecule has 0 aromatic heterocycles. The summed E-state index contributed by atoms with van der Waals surface area (Å²) in [5, 5.41) is 8.63. The summed E-state index contributed by atoms with van der Waals surface area (Å²) >= 11 is 0. The van der Waals surface area contributed by atoms with Gasteiger partial charge in [-0.15, -0.1) is 0 Å². The summed E-state index contributed by atoms with van der Waals surface area (Å²) in [6.07, 6.45) is 59.5. The van der Waals surface area contributed by atoms with Crippen LogP contribution in [0, 0.1) is 11.3 Å². The highest BCUT2D eigenvalue weighted by Crippen LogP contribution is 2.17. The van der Waals surface area contributed by atoms with E-state index in [0.717, 1.165) is 12.8 Å². The van der Waals surface area contributed by atoms with Crippen LogP contribution in [-0.4, -0.2) is 24.5 Å². The van der Waals surface area contributed by atoms with Crippen LogP contribution in [0.1, 0.15) is 284 Å². The third-order valence-electron chi connectivity index (χ3n) is 11.4. The zero-order valence-electron chi connectivity index (χ0n) is 35.2. The molecule has 0 heterocycles. The van der Waals surface area contributed by atoms with Crippen molar-refractivity contribution in [3.63, 3.8) is 0 Å². The van der Waals surface area contributed by atoms with Crippen molar-refractivity contribution in [2.24, 2.45) is 0 Å². The van der Waals surface area contributed by atoms with Crippen molar-refractivity contribution in [2.75, 3.05) is 19.6 Å². The summed E-state index contributed by atoms with van der Waals surface area (Å²) < 4.78 is 0. The van der Waals surface area contributed by atoms with Crippen molar-refractivity contribution in [3.05, 3.63) is 0 Å². The van der Waals surface area contributed by atoms with Gasteiger partial charge in [-0.25, -0.2) is 0 Å². The Balaban J connectivity index is 3.93. The Morgan fingerprint density at radius 1 is 0.260 bits per heavy atom. The molecule has 0 amide bonds. The lowest BCUT2D eigenvalue weighted by Crippen LogP contribution is -2.27. The average Bonchev–Trinajstić information content (AvgIpc) is 3.13. The molecular formula is C48H96N2. The van der Waals surface area contributed by atoms with Crippen molar-refractivity contribution in [3.8, 4) is 6.07 Å². The highest BCUT2D eigenvalue weighted by molar-refractivity contribution is 4.67. The molecule has 0 spiro atoms. The second kappa shape index (κ2) is 46.5. The predicted octanol–water partition coefficient (Wildman–Crippen LogP) is 17.2. The van der Waals surface area contributed by atoms with Crippen LogP contribution in [-0.2, 0) is 0 Å². The Labute approximate surface area is 318 Å². The SMILES string of the molecule is CCCCCCCCCCCCCCCCN(CCCCCCCCCCCCCCCC)CCCCCCCCCCCCCCCC#N. The van der Waals surface area contributed by atoms with Gasteiger partial charge in [0, 0.05) is 6.42 Å². The van der Waals surface area contributed by atoms with Crippen LogP contribution in [0.4, 0.5) is 0 Å². The molecule has 0 saturated carbocycles. The zero-order valence-corrected chi connectivity index (χ0v) is 35.2. The van der Waals surface area contributed by atoms with Gasteiger partial charge in [-0.3, -0.25) is 0 Å². The molecule has 0 radical (unpaired) electrons. The van der Waals surface area contributed by atoms with Gasteiger partial charge in [0.25, 0.3) is 0 Å². The van der Waals surface area contributed by atoms with E-state index in [9.17, 15) is 0 Å². The van der Waals surface area contributed by atoms with Gasteiger partial charge in [-0.2, -0.15) is 5.26 Å². The fourth-order valence-electron chi connectivity index (χ4n) is 7.88. The summed E-state index contributed by atoms with van der Waals surface area (Å²) in [6, 6.07) is 2.26. The van der Waals surface area contributed by atoms with E-state index in [-0.39, 0.29) is 0 Å². The van der Waals surface area contributed by atoms with Crippen molar-refractivity contribution < 1.29 is 0 Å². The van der Waals surface area contributed by atoms with Gasteiger partial charge in [0.2, 0.25) is 0 Å². The normalized spacial score (nSPS) is 11.6. The van der Waals surface area contributed by atoms with Gasteiger partial charge in [-0.1, -0.05) is 251 Å². The molecule has 0 saturated heterocycles. The van der Waals surface area contributed by atoms with E-state index in [4.69, 9.17) is 5.26 Å². The number of unbranched alkanes of at least 4 members (excludes halogenated alkanes) is 39. The van der Waals surface area contributed by atoms with Crippen LogP contribution in [0.2, 0.25) is 0 Å². The molecule has 0 rings (SSSR count). The lowest BCUT2D eigenvalue weighted by Gasteiger charge is -2.22. The van der Waals surface area contributed by atoms with E-state index in [0.29, 0.717) is 0 Å². The van der Waals surface area contributed by atoms with Gasteiger partial charge >= 0.3 is 0 Å². The topological polar surface area (TPSA) is 27.0 Å². The van der Waals surface area contributed by atoms with E-state index < -0.39 is 0 Å². The fraction of sp³-hybridized carbons (Fsp3) is 0.979. The predicted molar refractivity (Wildman–Crippen MR) is 227 cm³/mol. The maximum Gasteiger partial charge on any atom is 0.0621 e. The third kappa shape index (κ3) is 43.6. The summed E-state index contributed by atoms with van der Waals surface area (Å²) in [7, 11) is 0. The molecule has 0 bridgehead atoms. The van der Waals surface area contributed by atoms with E-state index in [1.54, 1.807) is 0 Å². The molecule has 0 aromatic carbocycles. The first kappa shape index (κ1) is 49.5. The van der Waals surface area contributed by atoms with Crippen LogP contribution in [0.25, 0.3) is 0 Å². The molecule has 0 aliphatic heterocycles. The van der Waals surface area contributed by atoms with Crippen molar-refractivity contribution in [1.29, 1.82) is 5.26 Å². The lowest BCUT2D eigenvalue weighted by molar-refractivity contribution is 0.254. The van der Waals surface area contributed by atoms with Gasteiger partial charge < -0.3 is 4.90 Å². The monoisotopic (exact) mass is 701 g/mol. The molecule has 50 heavy (non-hydrogen) atoms. The Bertz CT molecular complexity index is 592. The standard InChI is InChI=1S/C48H96N2/c1-3-5-7-9-11-13-15-17-22-26-30-34-38-42-46-50(47-43-39-35-31-27-23-18-16-14-12-10-8-6-4-2)48-44-40-36-32-28-24-20-19-21-25-29-33-37-41-45-49/h3-44,46-48H2,1-2H3. The minimum Gasteiger partial charge on any atom is -0.303 e. The highest BCUT2D eigenvalue weighted by atomic mass is 15.1. The maximum absolute atomic E-state index is 8.63. The van der Waals surface area contributed by atoms with Crippen LogP contribution in [0.5, 0.6) is 0 Å².